The van der Waals surface area contributed by atoms with E-state index in [9.17, 15) is 9.59 Å². The van der Waals surface area contributed by atoms with Crippen LogP contribution < -0.4 is 5.32 Å². The van der Waals surface area contributed by atoms with Crippen molar-refractivity contribution >= 4 is 40.1 Å². The second kappa shape index (κ2) is 7.49. The van der Waals surface area contributed by atoms with E-state index in [1.807, 2.05) is 36.6 Å². The number of anilines is 1. The molecule has 3 aromatic rings. The summed E-state index contributed by atoms with van der Waals surface area (Å²) in [6.45, 7) is 0. The fraction of sp³-hybridized carbons (Fsp3) is 0.125. The Labute approximate surface area is 152 Å². The first-order valence-corrected chi connectivity index (χ1v) is 9.20. The Morgan fingerprint density at radius 3 is 2.64 bits per heavy atom. The number of nitrogens with one attached hydrogen (secondary N) is 1. The first-order chi connectivity index (χ1) is 12.1. The monoisotopic (exact) mass is 374 g/mol. The Morgan fingerprint density at radius 2 is 1.96 bits per heavy atom. The van der Waals surface area contributed by atoms with Gasteiger partial charge in [-0.15, -0.1) is 0 Å². The summed E-state index contributed by atoms with van der Waals surface area (Å²) in [5.74, 6) is -0.848. The Bertz CT molecular complexity index is 905. The van der Waals surface area contributed by atoms with Gasteiger partial charge in [-0.2, -0.15) is 0 Å². The Hall–Kier alpha value is -2.65. The SMILES string of the molecule is COC(=O)c1cnc(NC(=O)c2cnc(SC)n2-c2ccccc2)s1. The van der Waals surface area contributed by atoms with Crippen molar-refractivity contribution in [2.24, 2.45) is 0 Å². The van der Waals surface area contributed by atoms with E-state index in [0.29, 0.717) is 20.9 Å². The third-order valence-corrected chi connectivity index (χ3v) is 4.82. The maximum Gasteiger partial charge on any atom is 0.349 e. The average Bonchev–Trinajstić information content (AvgIpc) is 3.28. The number of para-hydroxylation sites is 1. The summed E-state index contributed by atoms with van der Waals surface area (Å²) in [6, 6.07) is 9.49. The predicted molar refractivity (Wildman–Crippen MR) is 96.8 cm³/mol. The minimum atomic E-state index is -0.489. The highest BCUT2D eigenvalue weighted by atomic mass is 32.2. The van der Waals surface area contributed by atoms with Crippen molar-refractivity contribution in [3.63, 3.8) is 0 Å². The third-order valence-electron chi connectivity index (χ3n) is 3.27. The molecule has 0 saturated carbocycles. The van der Waals surface area contributed by atoms with Gasteiger partial charge in [-0.3, -0.25) is 14.7 Å². The Kier molecular flexibility index (Phi) is 5.15. The first-order valence-electron chi connectivity index (χ1n) is 7.16. The predicted octanol–water partition coefficient (Wildman–Crippen LogP) is 3.09. The van der Waals surface area contributed by atoms with Crippen molar-refractivity contribution in [1.29, 1.82) is 0 Å². The molecule has 0 saturated heterocycles. The molecular formula is C16H14N4O3S2. The number of hydrogen-bond donors (Lipinski definition) is 1. The number of nitrogens with zero attached hydrogens (tertiary/aromatic N) is 3. The van der Waals surface area contributed by atoms with Crippen LogP contribution >= 0.6 is 23.1 Å². The maximum atomic E-state index is 12.7. The van der Waals surface area contributed by atoms with Gasteiger partial charge in [0.2, 0.25) is 0 Å². The second-order valence-electron chi connectivity index (χ2n) is 4.78. The van der Waals surface area contributed by atoms with E-state index in [1.54, 1.807) is 4.57 Å². The van der Waals surface area contributed by atoms with Crippen LogP contribution in [-0.4, -0.2) is 39.8 Å². The van der Waals surface area contributed by atoms with E-state index in [1.165, 1.54) is 31.3 Å². The van der Waals surface area contributed by atoms with Crippen LogP contribution in [0.25, 0.3) is 5.69 Å². The number of amides is 1. The second-order valence-corrected chi connectivity index (χ2v) is 6.58. The number of rotatable bonds is 5. The summed E-state index contributed by atoms with van der Waals surface area (Å²) in [4.78, 5) is 32.8. The molecule has 0 spiro atoms. The number of esters is 1. The molecule has 3 rings (SSSR count). The van der Waals surface area contributed by atoms with Crippen LogP contribution in [-0.2, 0) is 4.74 Å². The summed E-state index contributed by atoms with van der Waals surface area (Å²) in [5.41, 5.74) is 1.22. The molecule has 1 amide bonds. The van der Waals surface area contributed by atoms with Crippen molar-refractivity contribution in [2.75, 3.05) is 18.7 Å². The molecule has 128 valence electrons. The molecule has 1 N–H and O–H groups in total. The van der Waals surface area contributed by atoms with Crippen LogP contribution in [0, 0.1) is 0 Å². The topological polar surface area (TPSA) is 86.1 Å². The number of methoxy groups -OCH3 is 1. The van der Waals surface area contributed by atoms with E-state index >= 15 is 0 Å². The number of imidazole rings is 1. The van der Waals surface area contributed by atoms with Crippen LogP contribution in [0.4, 0.5) is 5.13 Å². The fourth-order valence-corrected chi connectivity index (χ4v) is 3.43. The summed E-state index contributed by atoms with van der Waals surface area (Å²) < 4.78 is 6.41. The van der Waals surface area contributed by atoms with E-state index in [0.717, 1.165) is 17.0 Å². The lowest BCUT2D eigenvalue weighted by Crippen LogP contribution is -2.16. The smallest absolute Gasteiger partial charge is 0.349 e. The van der Waals surface area contributed by atoms with Crippen LogP contribution in [0.15, 0.2) is 47.9 Å². The van der Waals surface area contributed by atoms with Gasteiger partial charge in [0.25, 0.3) is 5.91 Å². The molecule has 0 unspecified atom stereocenters. The number of carbonyl (C=O) groups is 2. The quantitative estimate of drug-likeness (QED) is 0.546. The highest BCUT2D eigenvalue weighted by Gasteiger charge is 2.19. The van der Waals surface area contributed by atoms with Gasteiger partial charge in [0.15, 0.2) is 10.3 Å². The number of aromatic nitrogens is 3. The molecule has 0 aliphatic rings. The van der Waals surface area contributed by atoms with Gasteiger partial charge in [0, 0.05) is 5.69 Å². The van der Waals surface area contributed by atoms with Gasteiger partial charge in [-0.1, -0.05) is 41.3 Å². The van der Waals surface area contributed by atoms with E-state index < -0.39 is 5.97 Å². The van der Waals surface area contributed by atoms with E-state index in [4.69, 9.17) is 0 Å². The summed E-state index contributed by atoms with van der Waals surface area (Å²) >= 11 is 2.49. The lowest BCUT2D eigenvalue weighted by molar-refractivity contribution is 0.0606. The molecule has 1 aromatic carbocycles. The summed E-state index contributed by atoms with van der Waals surface area (Å²) in [6.07, 6.45) is 4.78. The first kappa shape index (κ1) is 17.2. The van der Waals surface area contributed by atoms with Crippen molar-refractivity contribution < 1.29 is 14.3 Å². The molecule has 2 aromatic heterocycles. The molecule has 2 heterocycles. The number of benzene rings is 1. The van der Waals surface area contributed by atoms with Crippen molar-refractivity contribution in [3.05, 3.63) is 53.3 Å². The van der Waals surface area contributed by atoms with Crippen LogP contribution in [0.3, 0.4) is 0 Å². The van der Waals surface area contributed by atoms with Gasteiger partial charge in [0.05, 0.1) is 19.5 Å². The van der Waals surface area contributed by atoms with Crippen LogP contribution in [0.1, 0.15) is 20.2 Å². The highest BCUT2D eigenvalue weighted by molar-refractivity contribution is 7.98. The summed E-state index contributed by atoms with van der Waals surface area (Å²) in [5, 5.41) is 3.71. The largest absolute Gasteiger partial charge is 0.465 e. The minimum Gasteiger partial charge on any atom is -0.465 e. The van der Waals surface area contributed by atoms with Crippen molar-refractivity contribution in [1.82, 2.24) is 14.5 Å². The van der Waals surface area contributed by atoms with Gasteiger partial charge >= 0.3 is 5.97 Å². The zero-order valence-corrected chi connectivity index (χ0v) is 15.1. The normalized spacial score (nSPS) is 10.5. The molecule has 0 radical (unpaired) electrons. The molecular weight excluding hydrogens is 360 g/mol. The van der Waals surface area contributed by atoms with Crippen LogP contribution in [0.2, 0.25) is 0 Å². The molecule has 0 bridgehead atoms. The summed E-state index contributed by atoms with van der Waals surface area (Å²) in [7, 11) is 1.29. The number of ether oxygens (including phenoxy) is 1. The standard InChI is InChI=1S/C16H14N4O3S2/c1-23-14(22)12-9-17-15(25-12)19-13(21)11-8-18-16(24-2)20(11)10-6-4-3-5-7-10/h3-9H,1-2H3,(H,17,19,21). The third kappa shape index (κ3) is 3.57. The lowest BCUT2D eigenvalue weighted by atomic mass is 10.3. The maximum absolute atomic E-state index is 12.7. The lowest BCUT2D eigenvalue weighted by Gasteiger charge is -2.10. The van der Waals surface area contributed by atoms with E-state index in [2.05, 4.69) is 20.0 Å². The highest BCUT2D eigenvalue weighted by Crippen LogP contribution is 2.24. The van der Waals surface area contributed by atoms with Gasteiger partial charge in [-0.05, 0) is 18.4 Å². The number of thiazole rings is 1. The Balaban J connectivity index is 1.89. The number of thioether (sulfide) groups is 1. The minimum absolute atomic E-state index is 0.317. The molecule has 9 heteroatoms. The van der Waals surface area contributed by atoms with Crippen molar-refractivity contribution in [2.45, 2.75) is 5.16 Å². The fourth-order valence-electron chi connectivity index (χ4n) is 2.15. The zero-order valence-electron chi connectivity index (χ0n) is 13.4. The average molecular weight is 374 g/mol. The van der Waals surface area contributed by atoms with Gasteiger partial charge < -0.3 is 4.74 Å². The molecule has 25 heavy (non-hydrogen) atoms. The van der Waals surface area contributed by atoms with E-state index in [-0.39, 0.29) is 5.91 Å². The molecule has 0 fully saturated rings. The Morgan fingerprint density at radius 1 is 1.20 bits per heavy atom. The van der Waals surface area contributed by atoms with Crippen molar-refractivity contribution in [3.8, 4) is 5.69 Å². The molecule has 0 aliphatic carbocycles. The zero-order chi connectivity index (χ0) is 17.8. The number of carbonyl (C=O) groups excluding carboxylic acids is 2. The van der Waals surface area contributed by atoms with Gasteiger partial charge in [0.1, 0.15) is 10.6 Å². The molecule has 7 nitrogen and oxygen atoms in total. The van der Waals surface area contributed by atoms with Crippen LogP contribution in [0.5, 0.6) is 0 Å². The van der Waals surface area contributed by atoms with Gasteiger partial charge in [-0.25, -0.2) is 14.8 Å². The number of hydrogen-bond acceptors (Lipinski definition) is 7. The molecule has 0 atom stereocenters. The molecule has 0 aliphatic heterocycles.